The van der Waals surface area contributed by atoms with E-state index < -0.39 is 12.1 Å². The number of nitrogens with zero attached hydrogens (tertiary/aromatic N) is 2. The zero-order valence-electron chi connectivity index (χ0n) is 14.5. The van der Waals surface area contributed by atoms with Crippen molar-refractivity contribution in [2.75, 3.05) is 6.54 Å². The van der Waals surface area contributed by atoms with E-state index in [0.29, 0.717) is 23.5 Å². The number of para-hydroxylation sites is 1. The van der Waals surface area contributed by atoms with Crippen molar-refractivity contribution in [2.24, 2.45) is 0 Å². The number of hydrogen-bond donors (Lipinski definition) is 1. The van der Waals surface area contributed by atoms with Gasteiger partial charge < -0.3 is 10.1 Å². The summed E-state index contributed by atoms with van der Waals surface area (Å²) in [5, 5.41) is 7.13. The van der Waals surface area contributed by atoms with Crippen molar-refractivity contribution < 1.29 is 14.3 Å². The highest BCUT2D eigenvalue weighted by Crippen LogP contribution is 2.19. The number of rotatable bonds is 6. The molecule has 1 heterocycles. The molecule has 1 atom stereocenters. The molecule has 1 aromatic carbocycles. The molecule has 0 fully saturated rings. The van der Waals surface area contributed by atoms with Crippen molar-refractivity contribution in [3.8, 4) is 5.69 Å². The first kappa shape index (κ1) is 17.7. The molecule has 0 spiro atoms. The number of nitrogens with one attached hydrogen (secondary N) is 1. The molecule has 0 unspecified atom stereocenters. The Morgan fingerprint density at radius 1 is 1.25 bits per heavy atom. The number of esters is 1. The van der Waals surface area contributed by atoms with E-state index in [1.54, 1.807) is 18.5 Å². The van der Waals surface area contributed by atoms with Crippen LogP contribution in [-0.4, -0.2) is 34.3 Å². The molecule has 0 radical (unpaired) electrons. The average Bonchev–Trinajstić information content (AvgIpc) is 2.87. The number of benzene rings is 1. The third kappa shape index (κ3) is 3.82. The molecule has 24 heavy (non-hydrogen) atoms. The largest absolute Gasteiger partial charge is 0.449 e. The number of ether oxygens (including phenoxy) is 1. The van der Waals surface area contributed by atoms with Gasteiger partial charge in [0.15, 0.2) is 6.10 Å². The van der Waals surface area contributed by atoms with E-state index in [0.717, 1.165) is 12.1 Å². The van der Waals surface area contributed by atoms with Crippen LogP contribution in [0.15, 0.2) is 30.3 Å². The minimum atomic E-state index is -0.845. The van der Waals surface area contributed by atoms with Gasteiger partial charge in [0, 0.05) is 6.54 Å². The molecular formula is C18H23N3O3. The van der Waals surface area contributed by atoms with Gasteiger partial charge in [-0.2, -0.15) is 5.10 Å². The predicted octanol–water partition coefficient (Wildman–Crippen LogP) is 2.56. The van der Waals surface area contributed by atoms with Gasteiger partial charge in [-0.3, -0.25) is 4.79 Å². The van der Waals surface area contributed by atoms with E-state index in [2.05, 4.69) is 10.4 Å². The van der Waals surface area contributed by atoms with Crippen LogP contribution in [0.3, 0.4) is 0 Å². The summed E-state index contributed by atoms with van der Waals surface area (Å²) < 4.78 is 7.00. The average molecular weight is 329 g/mol. The molecule has 0 aliphatic heterocycles. The van der Waals surface area contributed by atoms with Crippen LogP contribution in [0.5, 0.6) is 0 Å². The van der Waals surface area contributed by atoms with Crippen LogP contribution in [-0.2, 0) is 9.53 Å². The topological polar surface area (TPSA) is 73.2 Å². The third-order valence-corrected chi connectivity index (χ3v) is 3.70. The predicted molar refractivity (Wildman–Crippen MR) is 91.2 cm³/mol. The fourth-order valence-corrected chi connectivity index (χ4v) is 2.42. The molecule has 0 bridgehead atoms. The second kappa shape index (κ2) is 7.77. The fourth-order valence-electron chi connectivity index (χ4n) is 2.42. The molecule has 6 nitrogen and oxygen atoms in total. The first-order valence-electron chi connectivity index (χ1n) is 8.06. The van der Waals surface area contributed by atoms with Crippen LogP contribution in [0.1, 0.15) is 42.0 Å². The van der Waals surface area contributed by atoms with Gasteiger partial charge >= 0.3 is 5.97 Å². The lowest BCUT2D eigenvalue weighted by Gasteiger charge is -2.13. The lowest BCUT2D eigenvalue weighted by Crippen LogP contribution is -2.36. The molecule has 6 heteroatoms. The van der Waals surface area contributed by atoms with Crippen LogP contribution >= 0.6 is 0 Å². The van der Waals surface area contributed by atoms with Crippen LogP contribution in [0, 0.1) is 13.8 Å². The Hall–Kier alpha value is -2.63. The Kier molecular flexibility index (Phi) is 5.73. The normalized spacial score (nSPS) is 11.8. The van der Waals surface area contributed by atoms with Crippen molar-refractivity contribution in [3.05, 3.63) is 47.3 Å². The minimum Gasteiger partial charge on any atom is -0.449 e. The summed E-state index contributed by atoms with van der Waals surface area (Å²) in [4.78, 5) is 24.3. The summed E-state index contributed by atoms with van der Waals surface area (Å²) in [6.45, 7) is 7.65. The van der Waals surface area contributed by atoms with E-state index in [9.17, 15) is 9.59 Å². The summed E-state index contributed by atoms with van der Waals surface area (Å²) in [7, 11) is 0. The van der Waals surface area contributed by atoms with Crippen molar-refractivity contribution in [3.63, 3.8) is 0 Å². The van der Waals surface area contributed by atoms with E-state index in [1.807, 2.05) is 44.2 Å². The number of aryl methyl sites for hydroxylation is 1. The lowest BCUT2D eigenvalue weighted by molar-refractivity contribution is -0.129. The molecule has 0 aliphatic carbocycles. The SMILES string of the molecule is CCCNC(=O)[C@H](C)OC(=O)c1c(C)nn(-c2ccccc2)c1C. The Labute approximate surface area is 141 Å². The number of aromatic nitrogens is 2. The van der Waals surface area contributed by atoms with Crippen LogP contribution in [0.4, 0.5) is 0 Å². The first-order chi connectivity index (χ1) is 11.5. The summed E-state index contributed by atoms with van der Waals surface area (Å²) in [5.41, 5.74) is 2.52. The van der Waals surface area contributed by atoms with Crippen molar-refractivity contribution in [1.82, 2.24) is 15.1 Å². The van der Waals surface area contributed by atoms with Gasteiger partial charge in [0.05, 0.1) is 17.1 Å². The summed E-state index contributed by atoms with van der Waals surface area (Å²) >= 11 is 0. The number of carbonyl (C=O) groups is 2. The van der Waals surface area contributed by atoms with Crippen LogP contribution < -0.4 is 5.32 Å². The monoisotopic (exact) mass is 329 g/mol. The van der Waals surface area contributed by atoms with Gasteiger partial charge in [-0.05, 0) is 39.3 Å². The third-order valence-electron chi connectivity index (χ3n) is 3.70. The van der Waals surface area contributed by atoms with Crippen LogP contribution in [0.25, 0.3) is 5.69 Å². The van der Waals surface area contributed by atoms with Gasteiger partial charge in [-0.25, -0.2) is 9.48 Å². The van der Waals surface area contributed by atoms with Gasteiger partial charge in [0.1, 0.15) is 5.56 Å². The highest BCUT2D eigenvalue weighted by Gasteiger charge is 2.24. The lowest BCUT2D eigenvalue weighted by atomic mass is 10.2. The molecule has 2 aromatic rings. The minimum absolute atomic E-state index is 0.295. The van der Waals surface area contributed by atoms with Gasteiger partial charge in [-0.15, -0.1) is 0 Å². The molecular weight excluding hydrogens is 306 g/mol. The van der Waals surface area contributed by atoms with Gasteiger partial charge in [0.25, 0.3) is 5.91 Å². The highest BCUT2D eigenvalue weighted by atomic mass is 16.5. The van der Waals surface area contributed by atoms with Crippen LogP contribution in [0.2, 0.25) is 0 Å². The maximum atomic E-state index is 12.5. The van der Waals surface area contributed by atoms with E-state index in [4.69, 9.17) is 4.74 Å². The van der Waals surface area contributed by atoms with E-state index in [-0.39, 0.29) is 5.91 Å². The summed E-state index contributed by atoms with van der Waals surface area (Å²) in [6, 6.07) is 9.56. The fraction of sp³-hybridized carbons (Fsp3) is 0.389. The Morgan fingerprint density at radius 2 is 1.92 bits per heavy atom. The zero-order chi connectivity index (χ0) is 17.7. The smallest absolute Gasteiger partial charge is 0.342 e. The quantitative estimate of drug-likeness (QED) is 0.827. The van der Waals surface area contributed by atoms with E-state index >= 15 is 0 Å². The zero-order valence-corrected chi connectivity index (χ0v) is 14.5. The van der Waals surface area contributed by atoms with Crippen molar-refractivity contribution in [2.45, 2.75) is 40.2 Å². The molecule has 1 amide bonds. The molecule has 1 aromatic heterocycles. The van der Waals surface area contributed by atoms with E-state index in [1.165, 1.54) is 0 Å². The summed E-state index contributed by atoms with van der Waals surface area (Å²) in [6.07, 6.45) is -0.0167. The molecule has 128 valence electrons. The molecule has 1 N–H and O–H groups in total. The maximum Gasteiger partial charge on any atom is 0.342 e. The standard InChI is InChI=1S/C18H23N3O3/c1-5-11-19-17(22)14(4)24-18(23)16-12(2)20-21(13(16)3)15-9-7-6-8-10-15/h6-10,14H,5,11H2,1-4H3,(H,19,22)/t14-/m0/s1. The second-order valence-electron chi connectivity index (χ2n) is 5.63. The second-order valence-corrected chi connectivity index (χ2v) is 5.63. The number of hydrogen-bond acceptors (Lipinski definition) is 4. The Morgan fingerprint density at radius 3 is 2.54 bits per heavy atom. The van der Waals surface area contributed by atoms with Gasteiger partial charge in [-0.1, -0.05) is 25.1 Å². The molecule has 2 rings (SSSR count). The van der Waals surface area contributed by atoms with Crippen molar-refractivity contribution in [1.29, 1.82) is 0 Å². The number of amides is 1. The molecule has 0 saturated carbocycles. The number of carbonyl (C=O) groups excluding carboxylic acids is 2. The van der Waals surface area contributed by atoms with Gasteiger partial charge in [0.2, 0.25) is 0 Å². The summed E-state index contributed by atoms with van der Waals surface area (Å²) in [5.74, 6) is -0.831. The molecule has 0 saturated heterocycles. The maximum absolute atomic E-state index is 12.5. The molecule has 0 aliphatic rings. The Bertz CT molecular complexity index is 723. The Balaban J connectivity index is 2.19. The first-order valence-corrected chi connectivity index (χ1v) is 8.06. The highest BCUT2D eigenvalue weighted by molar-refractivity contribution is 5.94. The van der Waals surface area contributed by atoms with Crippen molar-refractivity contribution >= 4 is 11.9 Å².